The average Bonchev–Trinajstić information content (AvgIpc) is 2.49. The third kappa shape index (κ3) is 3.11. The van der Waals surface area contributed by atoms with Crippen LogP contribution in [0.15, 0.2) is 12.3 Å². The van der Waals surface area contributed by atoms with Crippen molar-refractivity contribution in [2.24, 2.45) is 0 Å². The van der Waals surface area contributed by atoms with E-state index in [-0.39, 0.29) is 5.97 Å². The number of carbonyl (C=O) groups is 1. The first-order valence-corrected chi connectivity index (χ1v) is 4.09. The third-order valence-electron chi connectivity index (χ3n) is 1.39. The number of hydrogen-bond acceptors (Lipinski definition) is 3. The highest BCUT2D eigenvalue weighted by molar-refractivity contribution is 5.86. The predicted molar refractivity (Wildman–Crippen MR) is 49.0 cm³/mol. The van der Waals surface area contributed by atoms with Crippen molar-refractivity contribution < 1.29 is 9.53 Å². The van der Waals surface area contributed by atoms with E-state index in [2.05, 4.69) is 9.97 Å². The van der Waals surface area contributed by atoms with E-state index in [0.29, 0.717) is 12.4 Å². The summed E-state index contributed by atoms with van der Waals surface area (Å²) in [5.74, 6) is 0.308. The molecule has 1 rings (SSSR count). The van der Waals surface area contributed by atoms with Gasteiger partial charge in [0.1, 0.15) is 5.82 Å². The first kappa shape index (κ1) is 9.51. The molecule has 0 fully saturated rings. The molecule has 0 amide bonds. The first-order valence-electron chi connectivity index (χ1n) is 4.09. The Balaban J connectivity index is 2.53. The largest absolute Gasteiger partial charge is 0.463 e. The molecule has 0 saturated carbocycles. The lowest BCUT2D eigenvalue weighted by atomic mass is 10.5. The summed E-state index contributed by atoms with van der Waals surface area (Å²) in [5, 5.41) is 0. The van der Waals surface area contributed by atoms with Gasteiger partial charge in [-0.2, -0.15) is 0 Å². The Morgan fingerprint density at radius 2 is 2.54 bits per heavy atom. The van der Waals surface area contributed by atoms with Gasteiger partial charge in [0.05, 0.1) is 6.61 Å². The highest BCUT2D eigenvalue weighted by Crippen LogP contribution is 1.97. The smallest absolute Gasteiger partial charge is 0.330 e. The van der Waals surface area contributed by atoms with Crippen LogP contribution >= 0.6 is 0 Å². The summed E-state index contributed by atoms with van der Waals surface area (Å²) >= 11 is 0. The van der Waals surface area contributed by atoms with Gasteiger partial charge in [-0.05, 0) is 19.9 Å². The van der Waals surface area contributed by atoms with Crippen molar-refractivity contribution in [3.63, 3.8) is 0 Å². The SMILES string of the molecule is CCOC(=O)C=Cc1ncc(C)[nH]1. The van der Waals surface area contributed by atoms with E-state index in [0.717, 1.165) is 5.69 Å². The second-order valence-corrected chi connectivity index (χ2v) is 2.54. The van der Waals surface area contributed by atoms with E-state index >= 15 is 0 Å². The van der Waals surface area contributed by atoms with Crippen molar-refractivity contribution in [2.45, 2.75) is 13.8 Å². The van der Waals surface area contributed by atoms with Crippen LogP contribution in [0.2, 0.25) is 0 Å². The summed E-state index contributed by atoms with van der Waals surface area (Å²) in [6.07, 6.45) is 4.64. The number of aromatic nitrogens is 2. The lowest BCUT2D eigenvalue weighted by Crippen LogP contribution is -1.98. The Bertz CT molecular complexity index is 315. The Morgan fingerprint density at radius 1 is 1.77 bits per heavy atom. The number of H-pyrrole nitrogens is 1. The number of aromatic amines is 1. The van der Waals surface area contributed by atoms with Gasteiger partial charge in [0.15, 0.2) is 0 Å². The van der Waals surface area contributed by atoms with Crippen LogP contribution in [0.25, 0.3) is 6.08 Å². The molecule has 0 saturated heterocycles. The Hall–Kier alpha value is -1.58. The minimum Gasteiger partial charge on any atom is -0.463 e. The first-order chi connectivity index (χ1) is 6.22. The summed E-state index contributed by atoms with van der Waals surface area (Å²) in [7, 11) is 0. The molecule has 1 aromatic rings. The van der Waals surface area contributed by atoms with E-state index in [1.54, 1.807) is 19.2 Å². The van der Waals surface area contributed by atoms with Crippen molar-refractivity contribution >= 4 is 12.0 Å². The minimum absolute atomic E-state index is 0.350. The molecular formula is C9H12N2O2. The molecule has 0 aliphatic carbocycles. The fourth-order valence-electron chi connectivity index (χ4n) is 0.855. The maximum atomic E-state index is 10.9. The van der Waals surface area contributed by atoms with E-state index in [1.807, 2.05) is 6.92 Å². The molecule has 4 nitrogen and oxygen atoms in total. The second kappa shape index (κ2) is 4.45. The van der Waals surface area contributed by atoms with Gasteiger partial charge in [0.2, 0.25) is 0 Å². The summed E-state index contributed by atoms with van der Waals surface area (Å²) in [6.45, 7) is 4.05. The molecule has 0 radical (unpaired) electrons. The third-order valence-corrected chi connectivity index (χ3v) is 1.39. The maximum absolute atomic E-state index is 10.9. The predicted octanol–water partition coefficient (Wildman–Crippen LogP) is 1.29. The van der Waals surface area contributed by atoms with Crippen molar-refractivity contribution in [1.82, 2.24) is 9.97 Å². The monoisotopic (exact) mass is 180 g/mol. The minimum atomic E-state index is -0.350. The number of hydrogen-bond donors (Lipinski definition) is 1. The normalized spacial score (nSPS) is 10.6. The maximum Gasteiger partial charge on any atom is 0.330 e. The van der Waals surface area contributed by atoms with Crippen molar-refractivity contribution in [1.29, 1.82) is 0 Å². The van der Waals surface area contributed by atoms with Crippen molar-refractivity contribution in [3.05, 3.63) is 23.8 Å². The molecule has 4 heteroatoms. The van der Waals surface area contributed by atoms with Crippen LogP contribution < -0.4 is 0 Å². The number of ether oxygens (including phenoxy) is 1. The Morgan fingerprint density at radius 3 is 3.08 bits per heavy atom. The molecule has 0 aliphatic heterocycles. The molecule has 1 aromatic heterocycles. The van der Waals surface area contributed by atoms with Crippen LogP contribution in [-0.4, -0.2) is 22.5 Å². The van der Waals surface area contributed by atoms with Gasteiger partial charge in [-0.3, -0.25) is 0 Å². The lowest BCUT2D eigenvalue weighted by molar-refractivity contribution is -0.137. The van der Waals surface area contributed by atoms with E-state index in [9.17, 15) is 4.79 Å². The molecule has 0 aromatic carbocycles. The Labute approximate surface area is 76.6 Å². The Kier molecular flexibility index (Phi) is 3.25. The van der Waals surface area contributed by atoms with Gasteiger partial charge < -0.3 is 9.72 Å². The second-order valence-electron chi connectivity index (χ2n) is 2.54. The average molecular weight is 180 g/mol. The van der Waals surface area contributed by atoms with Gasteiger partial charge in [-0.15, -0.1) is 0 Å². The highest BCUT2D eigenvalue weighted by Gasteiger charge is 1.95. The quantitative estimate of drug-likeness (QED) is 0.563. The van der Waals surface area contributed by atoms with Crippen LogP contribution in [0.3, 0.4) is 0 Å². The molecule has 0 bridgehead atoms. The lowest BCUT2D eigenvalue weighted by Gasteiger charge is -1.93. The summed E-state index contributed by atoms with van der Waals surface area (Å²) in [4.78, 5) is 17.8. The topological polar surface area (TPSA) is 55.0 Å². The van der Waals surface area contributed by atoms with Gasteiger partial charge in [-0.1, -0.05) is 0 Å². The van der Waals surface area contributed by atoms with Gasteiger partial charge >= 0.3 is 5.97 Å². The molecule has 0 spiro atoms. The fraction of sp³-hybridized carbons (Fsp3) is 0.333. The highest BCUT2D eigenvalue weighted by atomic mass is 16.5. The summed E-state index contributed by atoms with van der Waals surface area (Å²) < 4.78 is 4.70. The number of rotatable bonds is 3. The fourth-order valence-corrected chi connectivity index (χ4v) is 0.855. The molecule has 0 unspecified atom stereocenters. The zero-order valence-electron chi connectivity index (χ0n) is 7.70. The van der Waals surface area contributed by atoms with Crippen molar-refractivity contribution in [2.75, 3.05) is 6.61 Å². The molecule has 1 N–H and O–H groups in total. The molecule has 1 heterocycles. The standard InChI is InChI=1S/C9H12N2O2/c1-3-13-9(12)5-4-8-10-6-7(2)11-8/h4-6H,3H2,1-2H3,(H,10,11). The van der Waals surface area contributed by atoms with E-state index in [1.165, 1.54) is 6.08 Å². The molecule has 13 heavy (non-hydrogen) atoms. The molecular weight excluding hydrogens is 168 g/mol. The number of esters is 1. The van der Waals surface area contributed by atoms with Gasteiger partial charge in [-0.25, -0.2) is 9.78 Å². The molecule has 70 valence electrons. The number of carbonyl (C=O) groups excluding carboxylic acids is 1. The van der Waals surface area contributed by atoms with E-state index in [4.69, 9.17) is 4.74 Å². The molecule has 0 aliphatic rings. The zero-order chi connectivity index (χ0) is 9.68. The number of nitrogens with zero attached hydrogens (tertiary/aromatic N) is 1. The van der Waals surface area contributed by atoms with Gasteiger partial charge in [0.25, 0.3) is 0 Å². The van der Waals surface area contributed by atoms with Crippen LogP contribution in [0, 0.1) is 6.92 Å². The number of imidazole rings is 1. The molecule has 0 atom stereocenters. The van der Waals surface area contributed by atoms with Gasteiger partial charge in [0, 0.05) is 18.0 Å². The van der Waals surface area contributed by atoms with Crippen LogP contribution in [0.4, 0.5) is 0 Å². The summed E-state index contributed by atoms with van der Waals surface area (Å²) in [5.41, 5.74) is 0.962. The number of aryl methyl sites for hydroxylation is 1. The zero-order valence-corrected chi connectivity index (χ0v) is 7.70. The van der Waals surface area contributed by atoms with Crippen LogP contribution in [0.5, 0.6) is 0 Å². The number of nitrogens with one attached hydrogen (secondary N) is 1. The van der Waals surface area contributed by atoms with Crippen LogP contribution in [-0.2, 0) is 9.53 Å². The summed E-state index contributed by atoms with van der Waals surface area (Å²) in [6, 6.07) is 0. The van der Waals surface area contributed by atoms with Crippen LogP contribution in [0.1, 0.15) is 18.4 Å². The van der Waals surface area contributed by atoms with Crippen molar-refractivity contribution in [3.8, 4) is 0 Å². The van der Waals surface area contributed by atoms with E-state index < -0.39 is 0 Å².